The van der Waals surface area contributed by atoms with Gasteiger partial charge in [-0.1, -0.05) is 0 Å². The van der Waals surface area contributed by atoms with Crippen LogP contribution >= 0.6 is 0 Å². The maximum absolute atomic E-state index is 12.3. The molecule has 1 aliphatic heterocycles. The van der Waals surface area contributed by atoms with Gasteiger partial charge in [-0.05, 0) is 32.9 Å². The van der Waals surface area contributed by atoms with E-state index < -0.39 is 5.41 Å². The molecule has 0 unspecified atom stereocenters. The van der Waals surface area contributed by atoms with Gasteiger partial charge in [0.15, 0.2) is 0 Å². The molecular weight excluding hydrogens is 230 g/mol. The molecule has 0 radical (unpaired) electrons. The second kappa shape index (κ2) is 4.30. The standard InChI is InChI=1S/C13H15N3O2/c1-9-4-5-10-11(15-9)18-7-6-16(10)12(17)13(2,3)8-14/h4-5H,6-7H2,1-3H3. The van der Waals surface area contributed by atoms with Crippen LogP contribution < -0.4 is 9.64 Å². The van der Waals surface area contributed by atoms with Crippen LogP contribution in [0.4, 0.5) is 5.69 Å². The van der Waals surface area contributed by atoms with Crippen molar-refractivity contribution in [2.75, 3.05) is 18.1 Å². The van der Waals surface area contributed by atoms with Crippen LogP contribution in [0.2, 0.25) is 0 Å². The number of ether oxygens (including phenoxy) is 1. The summed E-state index contributed by atoms with van der Waals surface area (Å²) in [4.78, 5) is 18.2. The average molecular weight is 245 g/mol. The van der Waals surface area contributed by atoms with Crippen LogP contribution in [0.1, 0.15) is 19.5 Å². The topological polar surface area (TPSA) is 66.2 Å². The maximum atomic E-state index is 12.3. The first-order valence-corrected chi connectivity index (χ1v) is 5.79. The van der Waals surface area contributed by atoms with E-state index in [1.54, 1.807) is 18.7 Å². The first kappa shape index (κ1) is 12.4. The number of hydrogen-bond acceptors (Lipinski definition) is 4. The summed E-state index contributed by atoms with van der Waals surface area (Å²) in [6.45, 7) is 5.94. The van der Waals surface area contributed by atoms with Crippen LogP contribution in [0, 0.1) is 23.7 Å². The Morgan fingerprint density at radius 1 is 1.56 bits per heavy atom. The number of pyridine rings is 1. The summed E-state index contributed by atoms with van der Waals surface area (Å²) in [6, 6.07) is 5.66. The molecule has 0 bridgehead atoms. The van der Waals surface area contributed by atoms with E-state index in [1.807, 2.05) is 25.1 Å². The van der Waals surface area contributed by atoms with Crippen LogP contribution in [0.25, 0.3) is 0 Å². The molecule has 5 nitrogen and oxygen atoms in total. The molecule has 0 saturated carbocycles. The third-order valence-corrected chi connectivity index (χ3v) is 2.88. The van der Waals surface area contributed by atoms with Crippen molar-refractivity contribution in [3.8, 4) is 11.9 Å². The molecule has 0 fully saturated rings. The lowest BCUT2D eigenvalue weighted by Crippen LogP contribution is -2.44. The Kier molecular flexibility index (Phi) is 2.95. The number of anilines is 1. The van der Waals surface area contributed by atoms with Crippen molar-refractivity contribution in [2.24, 2.45) is 5.41 Å². The summed E-state index contributed by atoms with van der Waals surface area (Å²) < 4.78 is 5.44. The van der Waals surface area contributed by atoms with Crippen molar-refractivity contribution in [2.45, 2.75) is 20.8 Å². The van der Waals surface area contributed by atoms with Crippen molar-refractivity contribution in [3.05, 3.63) is 17.8 Å². The number of carbonyl (C=O) groups is 1. The van der Waals surface area contributed by atoms with E-state index in [9.17, 15) is 4.79 Å². The lowest BCUT2D eigenvalue weighted by atomic mass is 9.93. The Labute approximate surface area is 106 Å². The highest BCUT2D eigenvalue weighted by Gasteiger charge is 2.35. The van der Waals surface area contributed by atoms with Crippen molar-refractivity contribution in [3.63, 3.8) is 0 Å². The first-order valence-electron chi connectivity index (χ1n) is 5.79. The van der Waals surface area contributed by atoms with Gasteiger partial charge in [-0.3, -0.25) is 4.79 Å². The number of hydrogen-bond donors (Lipinski definition) is 0. The van der Waals surface area contributed by atoms with Gasteiger partial charge in [-0.25, -0.2) is 4.98 Å². The number of nitrogens with zero attached hydrogens (tertiary/aromatic N) is 3. The molecule has 0 aromatic carbocycles. The summed E-state index contributed by atoms with van der Waals surface area (Å²) in [6.07, 6.45) is 0. The molecule has 1 amide bonds. The lowest BCUT2D eigenvalue weighted by Gasteiger charge is -2.32. The van der Waals surface area contributed by atoms with Crippen LogP contribution in [-0.4, -0.2) is 24.0 Å². The number of carbonyl (C=O) groups excluding carboxylic acids is 1. The zero-order chi connectivity index (χ0) is 13.3. The molecule has 1 aliphatic rings. The Balaban J connectivity index is 2.40. The molecule has 94 valence electrons. The minimum atomic E-state index is -1.04. The highest BCUT2D eigenvalue weighted by molar-refractivity contribution is 6.00. The molecule has 1 aromatic heterocycles. The molecule has 2 rings (SSSR count). The molecule has 1 aromatic rings. The highest BCUT2D eigenvalue weighted by atomic mass is 16.5. The molecule has 5 heteroatoms. The smallest absolute Gasteiger partial charge is 0.247 e. The summed E-state index contributed by atoms with van der Waals surface area (Å²) in [5.74, 6) is 0.239. The van der Waals surface area contributed by atoms with Gasteiger partial charge in [-0.2, -0.15) is 5.26 Å². The van der Waals surface area contributed by atoms with E-state index in [1.165, 1.54) is 0 Å². The highest BCUT2D eigenvalue weighted by Crippen LogP contribution is 2.32. The van der Waals surface area contributed by atoms with Crippen molar-refractivity contribution in [1.29, 1.82) is 5.26 Å². The Hall–Kier alpha value is -2.09. The molecule has 18 heavy (non-hydrogen) atoms. The number of nitriles is 1. The zero-order valence-electron chi connectivity index (χ0n) is 10.7. The average Bonchev–Trinajstić information content (AvgIpc) is 2.36. The molecule has 2 heterocycles. The van der Waals surface area contributed by atoms with Crippen molar-refractivity contribution in [1.82, 2.24) is 4.98 Å². The van der Waals surface area contributed by atoms with Gasteiger partial charge >= 0.3 is 0 Å². The first-order chi connectivity index (χ1) is 8.45. The van der Waals surface area contributed by atoms with Gasteiger partial charge in [0.1, 0.15) is 17.7 Å². The lowest BCUT2D eigenvalue weighted by molar-refractivity contribution is -0.124. The zero-order valence-corrected chi connectivity index (χ0v) is 10.7. The Morgan fingerprint density at radius 2 is 2.28 bits per heavy atom. The van der Waals surface area contributed by atoms with Crippen LogP contribution in [0.5, 0.6) is 5.88 Å². The number of amides is 1. The largest absolute Gasteiger partial charge is 0.474 e. The van der Waals surface area contributed by atoms with E-state index in [2.05, 4.69) is 4.98 Å². The van der Waals surface area contributed by atoms with Crippen molar-refractivity contribution >= 4 is 11.6 Å². The molecular formula is C13H15N3O2. The fourth-order valence-electron chi connectivity index (χ4n) is 1.79. The summed E-state index contributed by atoms with van der Waals surface area (Å²) in [7, 11) is 0. The number of rotatable bonds is 1. The minimum absolute atomic E-state index is 0.222. The third kappa shape index (κ3) is 2.02. The summed E-state index contributed by atoms with van der Waals surface area (Å²) in [5, 5.41) is 9.04. The van der Waals surface area contributed by atoms with Gasteiger partial charge in [0.05, 0.1) is 12.6 Å². The molecule has 0 aliphatic carbocycles. The van der Waals surface area contributed by atoms with Gasteiger partial charge in [0.2, 0.25) is 11.8 Å². The van der Waals surface area contributed by atoms with E-state index in [0.29, 0.717) is 24.7 Å². The van der Waals surface area contributed by atoms with Crippen molar-refractivity contribution < 1.29 is 9.53 Å². The van der Waals surface area contributed by atoms with Crippen LogP contribution in [-0.2, 0) is 4.79 Å². The molecule has 0 N–H and O–H groups in total. The van der Waals surface area contributed by atoms with Gasteiger partial charge in [0, 0.05) is 5.69 Å². The molecule has 0 spiro atoms. The molecule has 0 saturated heterocycles. The number of fused-ring (bicyclic) bond motifs is 1. The quantitative estimate of drug-likeness (QED) is 0.754. The summed E-state index contributed by atoms with van der Waals surface area (Å²) in [5.41, 5.74) is 0.433. The summed E-state index contributed by atoms with van der Waals surface area (Å²) >= 11 is 0. The van der Waals surface area contributed by atoms with Crippen LogP contribution in [0.3, 0.4) is 0 Å². The SMILES string of the molecule is Cc1ccc2c(n1)OCCN2C(=O)C(C)(C)C#N. The maximum Gasteiger partial charge on any atom is 0.247 e. The van der Waals surface area contributed by atoms with Gasteiger partial charge in [-0.15, -0.1) is 0 Å². The predicted octanol–water partition coefficient (Wildman–Crippen LogP) is 1.67. The van der Waals surface area contributed by atoms with Crippen LogP contribution in [0.15, 0.2) is 12.1 Å². The Morgan fingerprint density at radius 3 is 2.94 bits per heavy atom. The monoisotopic (exact) mass is 245 g/mol. The number of aromatic nitrogens is 1. The van der Waals surface area contributed by atoms with E-state index >= 15 is 0 Å². The number of aryl methyl sites for hydroxylation is 1. The minimum Gasteiger partial charge on any atom is -0.474 e. The fraction of sp³-hybridized carbons (Fsp3) is 0.462. The Bertz CT molecular complexity index is 532. The second-order valence-electron chi connectivity index (χ2n) is 4.82. The fourth-order valence-corrected chi connectivity index (χ4v) is 1.79. The molecule has 0 atom stereocenters. The van der Waals surface area contributed by atoms with Gasteiger partial charge < -0.3 is 9.64 Å². The van der Waals surface area contributed by atoms with E-state index in [-0.39, 0.29) is 5.91 Å². The van der Waals surface area contributed by atoms with Gasteiger partial charge in [0.25, 0.3) is 0 Å². The van der Waals surface area contributed by atoms with E-state index in [4.69, 9.17) is 10.00 Å². The third-order valence-electron chi connectivity index (χ3n) is 2.88. The van der Waals surface area contributed by atoms with E-state index in [0.717, 1.165) is 5.69 Å². The predicted molar refractivity (Wildman–Crippen MR) is 66.2 cm³/mol. The normalized spacial score (nSPS) is 14.4. The second-order valence-corrected chi connectivity index (χ2v) is 4.82.